The molecule has 2 aromatic heterocycles. The Morgan fingerprint density at radius 1 is 1.09 bits per heavy atom. The van der Waals surface area contributed by atoms with Gasteiger partial charge < -0.3 is 13.9 Å². The summed E-state index contributed by atoms with van der Waals surface area (Å²) in [6.07, 6.45) is 0.826. The van der Waals surface area contributed by atoms with E-state index in [-0.39, 0.29) is 22.3 Å². The zero-order valence-corrected chi connectivity index (χ0v) is 20.1. The minimum Gasteiger partial charge on any atom is -0.490 e. The molecule has 8 nitrogen and oxygen atoms in total. The van der Waals surface area contributed by atoms with E-state index < -0.39 is 23.2 Å². The Bertz CT molecular complexity index is 1500. The molecular weight excluding hydrogens is 473 g/mol. The highest BCUT2D eigenvalue weighted by atomic mass is 32.1. The van der Waals surface area contributed by atoms with Crippen molar-refractivity contribution in [3.05, 3.63) is 74.3 Å². The van der Waals surface area contributed by atoms with Gasteiger partial charge in [-0.05, 0) is 56.2 Å². The van der Waals surface area contributed by atoms with Crippen LogP contribution in [0, 0.1) is 12.7 Å². The largest absolute Gasteiger partial charge is 0.490 e. The van der Waals surface area contributed by atoms with Gasteiger partial charge in [-0.2, -0.15) is 0 Å². The first-order valence-electron chi connectivity index (χ1n) is 11.2. The lowest BCUT2D eigenvalue weighted by Crippen LogP contribution is -2.29. The van der Waals surface area contributed by atoms with Gasteiger partial charge in [0, 0.05) is 0 Å². The number of halogens is 1. The molecule has 180 valence electrons. The smallest absolute Gasteiger partial charge is 0.297 e. The highest BCUT2D eigenvalue weighted by molar-refractivity contribution is 7.15. The number of carbonyl (C=O) groups is 1. The van der Waals surface area contributed by atoms with Crippen molar-refractivity contribution < 1.29 is 23.1 Å². The molecule has 0 bridgehead atoms. The van der Waals surface area contributed by atoms with Crippen LogP contribution in [0.4, 0.5) is 9.52 Å². The number of hydrogen-bond acceptors (Lipinski definition) is 8. The Labute approximate surface area is 203 Å². The number of aryl methyl sites for hydroxylation is 1. The zero-order valence-electron chi connectivity index (χ0n) is 19.3. The summed E-state index contributed by atoms with van der Waals surface area (Å²) in [4.78, 5) is 28.6. The summed E-state index contributed by atoms with van der Waals surface area (Å²) < 4.78 is 31.5. The average Bonchev–Trinajstić information content (AvgIpc) is 3.39. The molecule has 1 unspecified atom stereocenters. The van der Waals surface area contributed by atoms with E-state index in [0.717, 1.165) is 12.5 Å². The summed E-state index contributed by atoms with van der Waals surface area (Å²) in [6, 6.07) is 8.06. The molecule has 1 aliphatic heterocycles. The van der Waals surface area contributed by atoms with E-state index in [1.165, 1.54) is 28.4 Å². The maximum absolute atomic E-state index is 14.0. The molecule has 4 aromatic rings. The van der Waals surface area contributed by atoms with Crippen LogP contribution in [0.1, 0.15) is 53.0 Å². The number of aromatic nitrogens is 2. The summed E-state index contributed by atoms with van der Waals surface area (Å²) in [5.41, 5.74) is 0.369. The lowest BCUT2D eigenvalue weighted by Gasteiger charge is -2.23. The molecular formula is C25H22FN3O5S. The minimum atomic E-state index is -0.867. The van der Waals surface area contributed by atoms with Gasteiger partial charge in [-0.1, -0.05) is 24.3 Å². The summed E-state index contributed by atoms with van der Waals surface area (Å²) in [7, 11) is 0. The van der Waals surface area contributed by atoms with Crippen molar-refractivity contribution in [1.82, 2.24) is 10.2 Å². The molecule has 3 heterocycles. The summed E-state index contributed by atoms with van der Waals surface area (Å²) in [5, 5.41) is 9.23. The topological polar surface area (TPSA) is 94.8 Å². The number of benzene rings is 2. The van der Waals surface area contributed by atoms with Gasteiger partial charge in [0.15, 0.2) is 16.9 Å². The van der Waals surface area contributed by atoms with Crippen LogP contribution < -0.4 is 19.8 Å². The van der Waals surface area contributed by atoms with Crippen molar-refractivity contribution in [3.8, 4) is 11.5 Å². The molecule has 0 N–H and O–H groups in total. The monoisotopic (exact) mass is 495 g/mol. The first-order valence-corrected chi connectivity index (χ1v) is 12.0. The van der Waals surface area contributed by atoms with Crippen molar-refractivity contribution in [2.45, 2.75) is 33.2 Å². The normalized spacial score (nSPS) is 15.0. The third kappa shape index (κ3) is 3.93. The van der Waals surface area contributed by atoms with Crippen LogP contribution in [0.3, 0.4) is 0 Å². The molecule has 2 aromatic carbocycles. The van der Waals surface area contributed by atoms with Crippen LogP contribution in [0.2, 0.25) is 0 Å². The van der Waals surface area contributed by atoms with Crippen LogP contribution >= 0.6 is 11.3 Å². The van der Waals surface area contributed by atoms with Crippen LogP contribution in [-0.2, 0) is 0 Å². The third-order valence-electron chi connectivity index (χ3n) is 5.60. The van der Waals surface area contributed by atoms with Gasteiger partial charge in [-0.3, -0.25) is 14.5 Å². The highest BCUT2D eigenvalue weighted by Gasteiger charge is 2.45. The molecule has 0 spiro atoms. The molecule has 1 aliphatic rings. The van der Waals surface area contributed by atoms with Gasteiger partial charge in [-0.15, -0.1) is 10.2 Å². The molecule has 35 heavy (non-hydrogen) atoms. The van der Waals surface area contributed by atoms with E-state index in [2.05, 4.69) is 10.2 Å². The second kappa shape index (κ2) is 9.10. The Hall–Kier alpha value is -3.79. The molecule has 0 fully saturated rings. The molecule has 10 heteroatoms. The first-order chi connectivity index (χ1) is 16.9. The molecule has 0 saturated heterocycles. The zero-order chi connectivity index (χ0) is 24.7. The highest BCUT2D eigenvalue weighted by Crippen LogP contribution is 2.44. The number of fused-ring (bicyclic) bond motifs is 2. The SMILES string of the molecule is CCCOc1ccc(C2c3c(oc4ccc(F)cc4c3=O)C(=O)N2c2nnc(C)s2)cc1OCC. The van der Waals surface area contributed by atoms with E-state index in [4.69, 9.17) is 13.9 Å². The summed E-state index contributed by atoms with van der Waals surface area (Å²) in [6.45, 7) is 6.55. The van der Waals surface area contributed by atoms with Crippen LogP contribution in [0.15, 0.2) is 45.6 Å². The van der Waals surface area contributed by atoms with Gasteiger partial charge >= 0.3 is 0 Å². The van der Waals surface area contributed by atoms with Crippen LogP contribution in [0.25, 0.3) is 11.0 Å². The van der Waals surface area contributed by atoms with E-state index in [1.807, 2.05) is 13.8 Å². The predicted octanol–water partition coefficient (Wildman–Crippen LogP) is 5.03. The van der Waals surface area contributed by atoms with E-state index in [1.54, 1.807) is 25.1 Å². The Morgan fingerprint density at radius 3 is 2.63 bits per heavy atom. The second-order valence-corrected chi connectivity index (χ2v) is 9.14. The first kappa shape index (κ1) is 23.0. The second-order valence-electron chi connectivity index (χ2n) is 7.98. The van der Waals surface area contributed by atoms with Crippen LogP contribution in [0.5, 0.6) is 11.5 Å². The summed E-state index contributed by atoms with van der Waals surface area (Å²) >= 11 is 1.22. The lowest BCUT2D eigenvalue weighted by atomic mass is 9.98. The van der Waals surface area contributed by atoms with E-state index in [0.29, 0.717) is 40.4 Å². The lowest BCUT2D eigenvalue weighted by molar-refractivity contribution is 0.0970. The van der Waals surface area contributed by atoms with Gasteiger partial charge in [0.25, 0.3) is 5.91 Å². The van der Waals surface area contributed by atoms with Gasteiger partial charge in [0.05, 0.1) is 30.2 Å². The standard InChI is InChI=1S/C25H22FN3O5S/c1-4-10-33-18-8-6-14(11-19(18)32-5-2)21-20-22(30)16-12-15(26)7-9-17(16)34-23(20)24(31)29(21)25-28-27-13(3)35-25/h6-9,11-12,21H,4-5,10H2,1-3H3. The Morgan fingerprint density at radius 2 is 1.91 bits per heavy atom. The van der Waals surface area contributed by atoms with Crippen LogP contribution in [-0.4, -0.2) is 29.3 Å². The Balaban J connectivity index is 1.75. The quantitative estimate of drug-likeness (QED) is 0.355. The number of ether oxygens (including phenoxy) is 2. The number of nitrogens with zero attached hydrogens (tertiary/aromatic N) is 3. The Kier molecular flexibility index (Phi) is 5.98. The molecule has 0 radical (unpaired) electrons. The number of carbonyl (C=O) groups excluding carboxylic acids is 1. The number of amides is 1. The van der Waals surface area contributed by atoms with Gasteiger partial charge in [0.1, 0.15) is 16.4 Å². The fraction of sp³-hybridized carbons (Fsp3) is 0.280. The third-order valence-corrected chi connectivity index (χ3v) is 6.44. The van der Waals surface area contributed by atoms with Gasteiger partial charge in [0.2, 0.25) is 10.9 Å². The average molecular weight is 496 g/mol. The van der Waals surface area contributed by atoms with Gasteiger partial charge in [-0.25, -0.2) is 4.39 Å². The van der Waals surface area contributed by atoms with Crippen molar-refractivity contribution in [2.75, 3.05) is 18.1 Å². The maximum atomic E-state index is 14.0. The number of anilines is 1. The molecule has 1 atom stereocenters. The summed E-state index contributed by atoms with van der Waals surface area (Å²) in [5.74, 6) is -0.139. The molecule has 0 aliphatic carbocycles. The van der Waals surface area contributed by atoms with Crippen molar-refractivity contribution >= 4 is 33.3 Å². The molecule has 0 saturated carbocycles. The number of hydrogen-bond donors (Lipinski definition) is 0. The van der Waals surface area contributed by atoms with Crippen molar-refractivity contribution in [2.24, 2.45) is 0 Å². The van der Waals surface area contributed by atoms with Crippen molar-refractivity contribution in [3.63, 3.8) is 0 Å². The maximum Gasteiger partial charge on any atom is 0.297 e. The number of rotatable bonds is 7. The molecule has 1 amide bonds. The minimum absolute atomic E-state index is 0.0600. The fourth-order valence-corrected chi connectivity index (χ4v) is 4.85. The van der Waals surface area contributed by atoms with E-state index in [9.17, 15) is 14.0 Å². The predicted molar refractivity (Wildman–Crippen MR) is 129 cm³/mol. The fourth-order valence-electron chi connectivity index (χ4n) is 4.14. The van der Waals surface area contributed by atoms with E-state index >= 15 is 0 Å². The van der Waals surface area contributed by atoms with Crippen molar-refractivity contribution in [1.29, 1.82) is 0 Å². The molecule has 5 rings (SSSR count).